The average Bonchev–Trinajstić information content (AvgIpc) is 2.97. The van der Waals surface area contributed by atoms with Crippen LogP contribution < -0.4 is 4.74 Å². The van der Waals surface area contributed by atoms with Crippen LogP contribution in [0.3, 0.4) is 0 Å². The van der Waals surface area contributed by atoms with E-state index in [9.17, 15) is 0 Å². The molecule has 3 rings (SSSR count). The molecule has 0 fully saturated rings. The van der Waals surface area contributed by atoms with Crippen LogP contribution in [0.5, 0.6) is 5.75 Å². The van der Waals surface area contributed by atoms with E-state index in [2.05, 4.69) is 15.6 Å². The van der Waals surface area contributed by atoms with E-state index in [1.807, 2.05) is 49.5 Å². The van der Waals surface area contributed by atoms with Crippen molar-refractivity contribution in [3.05, 3.63) is 76.0 Å². The van der Waals surface area contributed by atoms with Crippen LogP contribution in [0.25, 0.3) is 5.69 Å². The van der Waals surface area contributed by atoms with E-state index in [1.165, 1.54) is 0 Å². The molecule has 0 radical (unpaired) electrons. The van der Waals surface area contributed by atoms with Crippen molar-refractivity contribution in [3.63, 3.8) is 0 Å². The molecule has 0 saturated heterocycles. The molecule has 0 atom stereocenters. The molecule has 0 amide bonds. The smallest absolute Gasteiger partial charge is 0.119 e. The molecule has 1 heterocycles. The van der Waals surface area contributed by atoms with Gasteiger partial charge in [-0.1, -0.05) is 29.3 Å². The minimum Gasteiger partial charge on any atom is -0.497 e. The SMILES string of the molecule is COc1ccc(-n2cc(C=Nc3cccc(Cl)c3Cl)cc2C)cc1. The lowest BCUT2D eigenvalue weighted by atomic mass is 10.3. The molecule has 0 aliphatic heterocycles. The molecule has 3 aromatic rings. The van der Waals surface area contributed by atoms with Gasteiger partial charge in [0.15, 0.2) is 0 Å². The van der Waals surface area contributed by atoms with E-state index in [1.54, 1.807) is 19.4 Å². The minimum atomic E-state index is 0.460. The number of ether oxygens (including phenoxy) is 1. The molecule has 122 valence electrons. The van der Waals surface area contributed by atoms with Gasteiger partial charge in [-0.05, 0) is 49.4 Å². The molecule has 0 saturated carbocycles. The molecule has 0 aliphatic rings. The second-order valence-electron chi connectivity index (χ2n) is 5.31. The van der Waals surface area contributed by atoms with Crippen LogP contribution in [-0.4, -0.2) is 17.9 Å². The predicted molar refractivity (Wildman–Crippen MR) is 101 cm³/mol. The Bertz CT molecular complexity index is 883. The number of halogens is 2. The summed E-state index contributed by atoms with van der Waals surface area (Å²) < 4.78 is 7.29. The van der Waals surface area contributed by atoms with E-state index in [0.717, 1.165) is 22.7 Å². The third-order valence-corrected chi connectivity index (χ3v) is 4.48. The van der Waals surface area contributed by atoms with Gasteiger partial charge in [0.2, 0.25) is 0 Å². The van der Waals surface area contributed by atoms with Gasteiger partial charge >= 0.3 is 0 Å². The second-order valence-corrected chi connectivity index (χ2v) is 6.10. The first-order chi connectivity index (χ1) is 11.6. The lowest BCUT2D eigenvalue weighted by molar-refractivity contribution is 0.414. The number of hydrogen-bond donors (Lipinski definition) is 0. The zero-order chi connectivity index (χ0) is 17.1. The molecule has 2 aromatic carbocycles. The first kappa shape index (κ1) is 16.6. The number of rotatable bonds is 4. The molecule has 0 aliphatic carbocycles. The Labute approximate surface area is 151 Å². The summed E-state index contributed by atoms with van der Waals surface area (Å²) in [6.07, 6.45) is 3.81. The molecular weight excluding hydrogens is 343 g/mol. The number of aryl methyl sites for hydroxylation is 1. The van der Waals surface area contributed by atoms with E-state index in [-0.39, 0.29) is 0 Å². The maximum Gasteiger partial charge on any atom is 0.119 e. The summed E-state index contributed by atoms with van der Waals surface area (Å²) in [6, 6.07) is 15.4. The van der Waals surface area contributed by atoms with E-state index in [4.69, 9.17) is 27.9 Å². The van der Waals surface area contributed by atoms with Crippen LogP contribution >= 0.6 is 23.2 Å². The highest BCUT2D eigenvalue weighted by molar-refractivity contribution is 6.43. The van der Waals surface area contributed by atoms with Gasteiger partial charge in [0.25, 0.3) is 0 Å². The number of methoxy groups -OCH3 is 1. The Morgan fingerprint density at radius 1 is 1.08 bits per heavy atom. The maximum absolute atomic E-state index is 6.16. The molecule has 0 spiro atoms. The Kier molecular flexibility index (Phi) is 4.93. The van der Waals surface area contributed by atoms with Crippen LogP contribution in [0.1, 0.15) is 11.3 Å². The highest BCUT2D eigenvalue weighted by atomic mass is 35.5. The molecular formula is C19H16Cl2N2O. The van der Waals surface area contributed by atoms with Crippen molar-refractivity contribution in [3.8, 4) is 11.4 Å². The Morgan fingerprint density at radius 2 is 1.83 bits per heavy atom. The number of aromatic nitrogens is 1. The monoisotopic (exact) mass is 358 g/mol. The number of hydrogen-bond acceptors (Lipinski definition) is 2. The van der Waals surface area contributed by atoms with Crippen molar-refractivity contribution >= 4 is 35.1 Å². The predicted octanol–water partition coefficient (Wildman–Crippen LogP) is 5.85. The van der Waals surface area contributed by atoms with Gasteiger partial charge < -0.3 is 9.30 Å². The third kappa shape index (κ3) is 3.48. The van der Waals surface area contributed by atoms with Crippen molar-refractivity contribution in [1.82, 2.24) is 4.57 Å². The first-order valence-electron chi connectivity index (χ1n) is 7.40. The standard InChI is InChI=1S/C19H16Cl2N2O/c1-13-10-14(11-22-18-5-3-4-17(20)19(18)21)12-23(13)15-6-8-16(24-2)9-7-15/h3-12H,1-2H3. The molecule has 1 aromatic heterocycles. The number of nitrogens with zero attached hydrogens (tertiary/aromatic N) is 2. The van der Waals surface area contributed by atoms with Crippen molar-refractivity contribution in [2.24, 2.45) is 4.99 Å². The number of benzene rings is 2. The highest BCUT2D eigenvalue weighted by Gasteiger charge is 2.05. The average molecular weight is 359 g/mol. The zero-order valence-corrected chi connectivity index (χ0v) is 14.8. The Hall–Kier alpha value is -2.23. The van der Waals surface area contributed by atoms with Crippen molar-refractivity contribution < 1.29 is 4.74 Å². The first-order valence-corrected chi connectivity index (χ1v) is 8.15. The normalized spacial score (nSPS) is 11.2. The van der Waals surface area contributed by atoms with Crippen LogP contribution in [-0.2, 0) is 0 Å². The minimum absolute atomic E-state index is 0.460. The zero-order valence-electron chi connectivity index (χ0n) is 13.3. The lowest BCUT2D eigenvalue weighted by Crippen LogP contribution is -1.94. The molecule has 24 heavy (non-hydrogen) atoms. The summed E-state index contributed by atoms with van der Waals surface area (Å²) in [5.41, 5.74) is 3.81. The fraction of sp³-hybridized carbons (Fsp3) is 0.105. The fourth-order valence-corrected chi connectivity index (χ4v) is 2.77. The summed E-state index contributed by atoms with van der Waals surface area (Å²) in [4.78, 5) is 4.44. The van der Waals surface area contributed by atoms with Crippen LogP contribution in [0.15, 0.2) is 59.7 Å². The van der Waals surface area contributed by atoms with Crippen molar-refractivity contribution in [2.75, 3.05) is 7.11 Å². The molecule has 0 unspecified atom stereocenters. The second kappa shape index (κ2) is 7.12. The summed E-state index contributed by atoms with van der Waals surface area (Å²) in [5, 5.41) is 0.958. The summed E-state index contributed by atoms with van der Waals surface area (Å²) in [5.74, 6) is 0.834. The third-order valence-electron chi connectivity index (χ3n) is 3.67. The Morgan fingerprint density at radius 3 is 2.54 bits per heavy atom. The summed E-state index contributed by atoms with van der Waals surface area (Å²) in [6.45, 7) is 2.05. The molecule has 3 nitrogen and oxygen atoms in total. The van der Waals surface area contributed by atoms with Gasteiger partial charge in [-0.25, -0.2) is 0 Å². The topological polar surface area (TPSA) is 26.5 Å². The summed E-state index contributed by atoms with van der Waals surface area (Å²) in [7, 11) is 1.66. The largest absolute Gasteiger partial charge is 0.497 e. The lowest BCUT2D eigenvalue weighted by Gasteiger charge is -2.06. The van der Waals surface area contributed by atoms with Crippen LogP contribution in [0, 0.1) is 6.92 Å². The Balaban J connectivity index is 1.88. The van der Waals surface area contributed by atoms with Crippen molar-refractivity contribution in [1.29, 1.82) is 0 Å². The van der Waals surface area contributed by atoms with Gasteiger partial charge in [0, 0.05) is 29.4 Å². The van der Waals surface area contributed by atoms with E-state index < -0.39 is 0 Å². The molecule has 0 bridgehead atoms. The van der Waals surface area contributed by atoms with E-state index in [0.29, 0.717) is 15.7 Å². The molecule has 0 N–H and O–H groups in total. The van der Waals surface area contributed by atoms with Gasteiger partial charge in [-0.3, -0.25) is 4.99 Å². The fourth-order valence-electron chi connectivity index (χ4n) is 2.43. The van der Waals surface area contributed by atoms with Crippen molar-refractivity contribution in [2.45, 2.75) is 6.92 Å². The van der Waals surface area contributed by atoms with Gasteiger partial charge in [-0.15, -0.1) is 0 Å². The highest BCUT2D eigenvalue weighted by Crippen LogP contribution is 2.31. The number of aliphatic imine (C=N–C) groups is 1. The molecule has 5 heteroatoms. The summed E-state index contributed by atoms with van der Waals surface area (Å²) >= 11 is 12.2. The van der Waals surface area contributed by atoms with E-state index >= 15 is 0 Å². The maximum atomic E-state index is 6.16. The van der Waals surface area contributed by atoms with Crippen LogP contribution in [0.4, 0.5) is 5.69 Å². The van der Waals surface area contributed by atoms with Gasteiger partial charge in [-0.2, -0.15) is 0 Å². The van der Waals surface area contributed by atoms with Crippen LogP contribution in [0.2, 0.25) is 10.0 Å². The van der Waals surface area contributed by atoms with Gasteiger partial charge in [0.1, 0.15) is 5.75 Å². The van der Waals surface area contributed by atoms with Gasteiger partial charge in [0.05, 0.1) is 22.8 Å². The quantitative estimate of drug-likeness (QED) is 0.537.